The van der Waals surface area contributed by atoms with Crippen molar-refractivity contribution in [1.82, 2.24) is 0 Å². The molecule has 4 nitrogen and oxygen atoms in total. The molecule has 0 radical (unpaired) electrons. The lowest BCUT2D eigenvalue weighted by atomic mass is 9.95. The van der Waals surface area contributed by atoms with Gasteiger partial charge in [-0.3, -0.25) is 0 Å². The van der Waals surface area contributed by atoms with Crippen molar-refractivity contribution in [3.63, 3.8) is 0 Å². The van der Waals surface area contributed by atoms with Crippen molar-refractivity contribution in [2.45, 2.75) is 117 Å². The van der Waals surface area contributed by atoms with Gasteiger partial charge >= 0.3 is 11.9 Å². The molecular formula is C42H56O4S4Si2. The molecule has 10 heteroatoms. The molecule has 0 fully saturated rings. The first kappa shape index (κ1) is 40.8. The molecule has 6 aromatic rings. The summed E-state index contributed by atoms with van der Waals surface area (Å²) in [7, 11) is 0.0784. The second-order valence-electron chi connectivity index (χ2n) is 15.8. The zero-order chi connectivity index (χ0) is 37.8. The summed E-state index contributed by atoms with van der Waals surface area (Å²) in [6, 6.07) is 8.95. The molecule has 0 aliphatic rings. The van der Waals surface area contributed by atoms with E-state index in [0.717, 1.165) is 47.6 Å². The van der Waals surface area contributed by atoms with Crippen LogP contribution in [0.1, 0.15) is 97.1 Å². The average Bonchev–Trinajstić information content (AvgIpc) is 3.92. The number of ether oxygens (including phenoxy) is 2. The zero-order valence-electron chi connectivity index (χ0n) is 32.8. The minimum absolute atomic E-state index is 0.173. The van der Waals surface area contributed by atoms with Crippen molar-refractivity contribution in [3.8, 4) is 0 Å². The Morgan fingerprint density at radius 3 is 1.46 bits per heavy atom. The second-order valence-corrected chi connectivity index (χ2v) is 30.6. The Bertz CT molecular complexity index is 2170. The molecule has 0 spiro atoms. The van der Waals surface area contributed by atoms with Crippen LogP contribution in [0.4, 0.5) is 0 Å². The van der Waals surface area contributed by atoms with Gasteiger partial charge in [0.05, 0.1) is 60.3 Å². The van der Waals surface area contributed by atoms with Gasteiger partial charge < -0.3 is 9.47 Å². The minimum atomic E-state index is -1.48. The van der Waals surface area contributed by atoms with Crippen LogP contribution >= 0.6 is 45.3 Å². The van der Waals surface area contributed by atoms with Crippen molar-refractivity contribution in [2.75, 3.05) is 14.2 Å². The number of hydrogen-bond acceptors (Lipinski definition) is 8. The molecule has 2 aromatic carbocycles. The predicted molar refractivity (Wildman–Crippen MR) is 239 cm³/mol. The van der Waals surface area contributed by atoms with E-state index in [2.05, 4.69) is 88.2 Å². The van der Waals surface area contributed by atoms with Crippen LogP contribution in [0.25, 0.3) is 40.3 Å². The van der Waals surface area contributed by atoms with Crippen molar-refractivity contribution < 1.29 is 19.1 Å². The smallest absolute Gasteiger partial charge is 0.338 e. The van der Waals surface area contributed by atoms with Gasteiger partial charge in [-0.25, -0.2) is 9.59 Å². The van der Waals surface area contributed by atoms with E-state index in [0.29, 0.717) is 0 Å². The maximum Gasteiger partial charge on any atom is 0.338 e. The number of hydrogen-bond donors (Lipinski definition) is 0. The first-order valence-corrected chi connectivity index (χ1v) is 29.2. The average molecular weight is 809 g/mol. The molecule has 0 aliphatic carbocycles. The van der Waals surface area contributed by atoms with Crippen LogP contribution in [0.15, 0.2) is 35.0 Å². The quantitative estimate of drug-likeness (QED) is 0.0625. The van der Waals surface area contributed by atoms with Crippen molar-refractivity contribution >= 4 is 123 Å². The molecule has 0 aliphatic heterocycles. The number of methoxy groups -OCH3 is 2. The lowest BCUT2D eigenvalue weighted by molar-refractivity contribution is 0.0593. The summed E-state index contributed by atoms with van der Waals surface area (Å²) in [6.07, 6.45) is 11.5. The van der Waals surface area contributed by atoms with E-state index in [1.807, 2.05) is 22.7 Å². The third-order valence-electron chi connectivity index (χ3n) is 9.82. The number of thiophene rings is 4. The number of carbonyl (C=O) groups excluding carboxylic acids is 2. The van der Waals surface area contributed by atoms with Crippen LogP contribution in [0.2, 0.25) is 39.3 Å². The Labute approximate surface area is 328 Å². The molecule has 4 heterocycles. The van der Waals surface area contributed by atoms with E-state index in [4.69, 9.17) is 9.47 Å². The molecule has 6 rings (SSSR count). The highest BCUT2D eigenvalue weighted by atomic mass is 32.1. The number of benzene rings is 2. The SMILES string of the molecule is CCCCCCc1c(C(=O)OC)c2cc([Si](C)(C)C)sc2c2sc([Si](C)(C)C)cc12.CCCCCCc1c(C(=O)OC)c2ccsc2c2sccc12. The molecule has 52 heavy (non-hydrogen) atoms. The molecule has 0 saturated heterocycles. The molecule has 0 bridgehead atoms. The molecule has 280 valence electrons. The lowest BCUT2D eigenvalue weighted by Gasteiger charge is -2.13. The maximum atomic E-state index is 13.0. The third-order valence-corrected chi connectivity index (χ3v) is 21.4. The maximum absolute atomic E-state index is 13.0. The molecular weight excluding hydrogens is 753 g/mol. The zero-order valence-corrected chi connectivity index (χ0v) is 38.1. The Morgan fingerprint density at radius 2 is 0.981 bits per heavy atom. The van der Waals surface area contributed by atoms with E-state index < -0.39 is 16.1 Å². The van der Waals surface area contributed by atoms with Gasteiger partial charge in [-0.15, -0.1) is 45.3 Å². The van der Waals surface area contributed by atoms with Crippen molar-refractivity contribution in [3.05, 3.63) is 57.3 Å². The molecule has 0 unspecified atom stereocenters. The molecule has 0 saturated carbocycles. The molecule has 0 N–H and O–H groups in total. The van der Waals surface area contributed by atoms with Gasteiger partial charge in [-0.05, 0) is 91.6 Å². The Hall–Kier alpha value is -2.35. The fraction of sp³-hybridized carbons (Fsp3) is 0.476. The lowest BCUT2D eigenvalue weighted by Crippen LogP contribution is -2.34. The topological polar surface area (TPSA) is 52.6 Å². The Balaban J connectivity index is 0.000000210. The monoisotopic (exact) mass is 808 g/mol. The molecule has 0 amide bonds. The van der Waals surface area contributed by atoms with E-state index in [-0.39, 0.29) is 11.9 Å². The summed E-state index contributed by atoms with van der Waals surface area (Å²) in [5, 5.41) is 8.92. The largest absolute Gasteiger partial charge is 0.465 e. The van der Waals surface area contributed by atoms with Crippen LogP contribution in [0.3, 0.4) is 0 Å². The van der Waals surface area contributed by atoms with Crippen LogP contribution in [-0.2, 0) is 22.3 Å². The van der Waals surface area contributed by atoms with Crippen molar-refractivity contribution in [2.24, 2.45) is 0 Å². The predicted octanol–water partition coefficient (Wildman–Crippen LogP) is 13.1. The number of aryl methyl sites for hydroxylation is 2. The second kappa shape index (κ2) is 17.4. The normalized spacial score (nSPS) is 12.2. The van der Waals surface area contributed by atoms with Crippen LogP contribution < -0.4 is 9.00 Å². The summed E-state index contributed by atoms with van der Waals surface area (Å²) in [5.74, 6) is -0.380. The Kier molecular flexibility index (Phi) is 13.7. The third kappa shape index (κ3) is 8.63. The van der Waals surface area contributed by atoms with Crippen molar-refractivity contribution in [1.29, 1.82) is 0 Å². The number of rotatable bonds is 14. The van der Waals surface area contributed by atoms with Gasteiger partial charge in [0.15, 0.2) is 0 Å². The van der Waals surface area contributed by atoms with Crippen LogP contribution in [0.5, 0.6) is 0 Å². The number of unbranched alkanes of at least 4 members (excludes halogenated alkanes) is 6. The van der Waals surface area contributed by atoms with Gasteiger partial charge in [-0.1, -0.05) is 91.7 Å². The first-order chi connectivity index (χ1) is 24.8. The molecule has 0 atom stereocenters. The van der Waals surface area contributed by atoms with E-state index in [1.54, 1.807) is 22.7 Å². The van der Waals surface area contributed by atoms with E-state index >= 15 is 0 Å². The Morgan fingerprint density at radius 1 is 0.558 bits per heavy atom. The number of fused-ring (bicyclic) bond motifs is 6. The van der Waals surface area contributed by atoms with Crippen LogP contribution in [0, 0.1) is 0 Å². The van der Waals surface area contributed by atoms with Gasteiger partial charge in [-0.2, -0.15) is 0 Å². The fourth-order valence-corrected chi connectivity index (χ4v) is 15.2. The van der Waals surface area contributed by atoms with Gasteiger partial charge in [0, 0.05) is 10.8 Å². The highest BCUT2D eigenvalue weighted by Crippen LogP contribution is 2.42. The van der Waals surface area contributed by atoms with Crippen LogP contribution in [-0.4, -0.2) is 42.3 Å². The fourth-order valence-electron chi connectivity index (χ4n) is 6.91. The summed E-state index contributed by atoms with van der Waals surface area (Å²) < 4.78 is 18.6. The standard InChI is InChI=1S/C24H36O2S2Si2.C18H20O2S2/c1-9-10-11-12-13-16-17-14-19(29(3,4)5)27-22(17)23-18(21(16)24(25)26-2)15-20(28-23)30(6,7)8;1-3-4-5-6-7-12-13-8-10-21-16(13)17-14(9-11-22-17)15(12)18(19)20-2/h14-15H,9-13H2,1-8H3;8-11H,3-7H2,1-2H3. The van der Waals surface area contributed by atoms with Gasteiger partial charge in [0.2, 0.25) is 0 Å². The number of carbonyl (C=O) groups is 2. The van der Waals surface area contributed by atoms with E-state index in [9.17, 15) is 9.59 Å². The summed E-state index contributed by atoms with van der Waals surface area (Å²) in [5.41, 5.74) is 4.00. The summed E-state index contributed by atoms with van der Waals surface area (Å²) in [4.78, 5) is 25.4. The van der Waals surface area contributed by atoms with Gasteiger partial charge in [0.1, 0.15) is 0 Å². The highest BCUT2D eigenvalue weighted by Gasteiger charge is 2.29. The summed E-state index contributed by atoms with van der Waals surface area (Å²) in [6.45, 7) is 18.9. The first-order valence-electron chi connectivity index (χ1n) is 18.8. The molecule has 4 aromatic heterocycles. The van der Waals surface area contributed by atoms with E-state index in [1.165, 1.54) is 102 Å². The minimum Gasteiger partial charge on any atom is -0.465 e. The highest BCUT2D eigenvalue weighted by molar-refractivity contribution is 7.37. The number of esters is 2. The van der Waals surface area contributed by atoms with Gasteiger partial charge in [0.25, 0.3) is 0 Å². The summed E-state index contributed by atoms with van der Waals surface area (Å²) >= 11 is 7.37.